The van der Waals surface area contributed by atoms with Crippen LogP contribution in [0.5, 0.6) is 0 Å². The number of nitrogens with two attached hydrogens (primary N) is 1. The first-order valence-corrected chi connectivity index (χ1v) is 6.05. The van der Waals surface area contributed by atoms with Gasteiger partial charge in [0.2, 0.25) is 5.91 Å². The van der Waals surface area contributed by atoms with Gasteiger partial charge in [0.1, 0.15) is 0 Å². The van der Waals surface area contributed by atoms with Crippen molar-refractivity contribution in [1.29, 1.82) is 0 Å². The van der Waals surface area contributed by atoms with Gasteiger partial charge in [0, 0.05) is 19.1 Å². The zero-order valence-corrected chi connectivity index (χ0v) is 9.24. The fraction of sp³-hybridized carbons (Fsp3) is 0.909. The number of likely N-dealkylation sites (tertiary alicyclic amines) is 1. The molecule has 4 nitrogen and oxygen atoms in total. The molecule has 2 fully saturated rings. The Morgan fingerprint density at radius 1 is 1.27 bits per heavy atom. The lowest BCUT2D eigenvalue weighted by atomic mass is 10.0. The van der Waals surface area contributed by atoms with Crippen molar-refractivity contribution in [3.8, 4) is 0 Å². The Bertz CT molecular complexity index is 232. The van der Waals surface area contributed by atoms with Gasteiger partial charge >= 0.3 is 0 Å². The van der Waals surface area contributed by atoms with E-state index in [1.54, 1.807) is 0 Å². The number of rotatable bonds is 1. The largest absolute Gasteiger partial charge is 0.355 e. The normalized spacial score (nSPS) is 34.6. The summed E-state index contributed by atoms with van der Waals surface area (Å²) in [6.45, 7) is 2.76. The molecule has 1 amide bonds. The van der Waals surface area contributed by atoms with Crippen LogP contribution in [0.15, 0.2) is 0 Å². The van der Waals surface area contributed by atoms with E-state index in [1.165, 1.54) is 0 Å². The van der Waals surface area contributed by atoms with E-state index in [9.17, 15) is 4.79 Å². The number of hydrogen-bond acceptors (Lipinski definition) is 3. The van der Waals surface area contributed by atoms with E-state index >= 15 is 0 Å². The third kappa shape index (κ3) is 2.69. The molecule has 0 aromatic rings. The summed E-state index contributed by atoms with van der Waals surface area (Å²) in [7, 11) is 0. The molecular weight excluding hydrogens is 190 g/mol. The monoisotopic (exact) mass is 211 g/mol. The minimum absolute atomic E-state index is 0.0823. The predicted molar refractivity (Wildman–Crippen MR) is 59.4 cm³/mol. The molecule has 15 heavy (non-hydrogen) atoms. The molecule has 2 heterocycles. The van der Waals surface area contributed by atoms with Crippen molar-refractivity contribution in [2.75, 3.05) is 19.6 Å². The Kier molecular flexibility index (Phi) is 3.59. The zero-order chi connectivity index (χ0) is 10.7. The van der Waals surface area contributed by atoms with Gasteiger partial charge in [-0.15, -0.1) is 0 Å². The van der Waals surface area contributed by atoms with Crippen LogP contribution < -0.4 is 11.1 Å². The van der Waals surface area contributed by atoms with Gasteiger partial charge in [-0.2, -0.15) is 0 Å². The molecule has 2 aliphatic rings. The minimum Gasteiger partial charge on any atom is -0.355 e. The molecule has 3 N–H and O–H groups in total. The predicted octanol–water partition coefficient (Wildman–Crippen LogP) is 0.0782. The van der Waals surface area contributed by atoms with E-state index < -0.39 is 0 Å². The summed E-state index contributed by atoms with van der Waals surface area (Å²) in [5.41, 5.74) is 5.94. The van der Waals surface area contributed by atoms with Crippen LogP contribution in [0.2, 0.25) is 0 Å². The summed E-state index contributed by atoms with van der Waals surface area (Å²) in [6, 6.07) is 0.341. The van der Waals surface area contributed by atoms with Crippen molar-refractivity contribution in [3.63, 3.8) is 0 Å². The molecule has 4 heteroatoms. The summed E-state index contributed by atoms with van der Waals surface area (Å²) in [4.78, 5) is 14.1. The van der Waals surface area contributed by atoms with Crippen LogP contribution in [0.4, 0.5) is 0 Å². The number of hydrogen-bond donors (Lipinski definition) is 2. The fourth-order valence-electron chi connectivity index (χ4n) is 2.60. The molecule has 0 aromatic heterocycles. The van der Waals surface area contributed by atoms with Crippen molar-refractivity contribution in [2.24, 2.45) is 5.73 Å². The first-order valence-electron chi connectivity index (χ1n) is 6.05. The number of piperidine rings is 1. The maximum atomic E-state index is 11.8. The molecule has 0 saturated carbocycles. The first kappa shape index (κ1) is 10.9. The summed E-state index contributed by atoms with van der Waals surface area (Å²) in [6.07, 6.45) is 5.49. The standard InChI is InChI=1S/C11H21N3O/c12-9-4-3-7-14(8-9)10-5-1-2-6-13-11(10)15/h9-10H,1-8,12H2,(H,13,15). The first-order chi connectivity index (χ1) is 7.27. The second-order valence-corrected chi connectivity index (χ2v) is 4.70. The Morgan fingerprint density at radius 3 is 2.93 bits per heavy atom. The molecule has 2 rings (SSSR count). The van der Waals surface area contributed by atoms with E-state index in [0.29, 0.717) is 0 Å². The molecule has 0 bridgehead atoms. The summed E-state index contributed by atoms with van der Waals surface area (Å²) in [5.74, 6) is 0.210. The Balaban J connectivity index is 1.97. The summed E-state index contributed by atoms with van der Waals surface area (Å²) < 4.78 is 0. The molecule has 2 aliphatic heterocycles. The number of nitrogens with zero attached hydrogens (tertiary/aromatic N) is 1. The van der Waals surface area contributed by atoms with Crippen LogP contribution in [0.25, 0.3) is 0 Å². The van der Waals surface area contributed by atoms with Gasteiger partial charge in [0.15, 0.2) is 0 Å². The van der Waals surface area contributed by atoms with Gasteiger partial charge < -0.3 is 11.1 Å². The van der Waals surface area contributed by atoms with Gasteiger partial charge in [-0.1, -0.05) is 0 Å². The smallest absolute Gasteiger partial charge is 0.237 e. The lowest BCUT2D eigenvalue weighted by Gasteiger charge is -2.35. The Labute approximate surface area is 91.2 Å². The van der Waals surface area contributed by atoms with E-state index in [2.05, 4.69) is 10.2 Å². The average Bonchev–Trinajstić information content (AvgIpc) is 2.43. The average molecular weight is 211 g/mol. The van der Waals surface area contributed by atoms with Gasteiger partial charge in [-0.25, -0.2) is 0 Å². The van der Waals surface area contributed by atoms with Crippen LogP contribution in [0, 0.1) is 0 Å². The van der Waals surface area contributed by atoms with Gasteiger partial charge in [0.05, 0.1) is 6.04 Å². The zero-order valence-electron chi connectivity index (χ0n) is 9.24. The maximum Gasteiger partial charge on any atom is 0.237 e. The number of nitrogens with one attached hydrogen (secondary N) is 1. The fourth-order valence-corrected chi connectivity index (χ4v) is 2.60. The Morgan fingerprint density at radius 2 is 2.13 bits per heavy atom. The van der Waals surface area contributed by atoms with E-state index in [-0.39, 0.29) is 18.0 Å². The van der Waals surface area contributed by atoms with E-state index in [0.717, 1.165) is 51.7 Å². The second kappa shape index (κ2) is 4.94. The molecule has 0 spiro atoms. The van der Waals surface area contributed by atoms with Crippen LogP contribution in [-0.2, 0) is 4.79 Å². The molecule has 2 atom stereocenters. The van der Waals surface area contributed by atoms with Crippen molar-refractivity contribution >= 4 is 5.91 Å². The molecule has 0 aromatic carbocycles. The lowest BCUT2D eigenvalue weighted by molar-refractivity contribution is -0.126. The van der Waals surface area contributed by atoms with Crippen molar-refractivity contribution in [2.45, 2.75) is 44.2 Å². The van der Waals surface area contributed by atoms with Crippen molar-refractivity contribution in [3.05, 3.63) is 0 Å². The molecule has 86 valence electrons. The van der Waals surface area contributed by atoms with Crippen molar-refractivity contribution < 1.29 is 4.79 Å². The SMILES string of the molecule is NC1CCCN(C2CCCCNC2=O)C1. The summed E-state index contributed by atoms with van der Waals surface area (Å²) >= 11 is 0. The minimum atomic E-state index is 0.0823. The number of carbonyl (C=O) groups is 1. The third-order valence-electron chi connectivity index (χ3n) is 3.44. The number of amides is 1. The van der Waals surface area contributed by atoms with Crippen LogP contribution in [0.1, 0.15) is 32.1 Å². The highest BCUT2D eigenvalue weighted by Crippen LogP contribution is 2.17. The quantitative estimate of drug-likeness (QED) is 0.645. The highest BCUT2D eigenvalue weighted by atomic mass is 16.2. The molecule has 0 aliphatic carbocycles. The van der Waals surface area contributed by atoms with Gasteiger partial charge in [-0.3, -0.25) is 9.69 Å². The third-order valence-corrected chi connectivity index (χ3v) is 3.44. The van der Waals surface area contributed by atoms with Crippen LogP contribution in [0.3, 0.4) is 0 Å². The van der Waals surface area contributed by atoms with Crippen LogP contribution in [-0.4, -0.2) is 42.5 Å². The number of carbonyl (C=O) groups excluding carboxylic acids is 1. The maximum absolute atomic E-state index is 11.8. The molecule has 2 unspecified atom stereocenters. The highest BCUT2D eigenvalue weighted by molar-refractivity contribution is 5.81. The topological polar surface area (TPSA) is 58.4 Å². The molecule has 2 saturated heterocycles. The van der Waals surface area contributed by atoms with Crippen LogP contribution >= 0.6 is 0 Å². The molecular formula is C11H21N3O. The van der Waals surface area contributed by atoms with Gasteiger partial charge in [-0.05, 0) is 38.6 Å². The molecule has 0 radical (unpaired) electrons. The van der Waals surface area contributed by atoms with E-state index in [1.807, 2.05) is 0 Å². The lowest BCUT2D eigenvalue weighted by Crippen LogP contribution is -2.52. The van der Waals surface area contributed by atoms with E-state index in [4.69, 9.17) is 5.73 Å². The summed E-state index contributed by atoms with van der Waals surface area (Å²) in [5, 5.41) is 2.99. The second-order valence-electron chi connectivity index (χ2n) is 4.70. The van der Waals surface area contributed by atoms with Gasteiger partial charge in [0.25, 0.3) is 0 Å². The highest BCUT2D eigenvalue weighted by Gasteiger charge is 2.29. The Hall–Kier alpha value is -0.610. The van der Waals surface area contributed by atoms with Crippen molar-refractivity contribution in [1.82, 2.24) is 10.2 Å².